The monoisotopic (exact) mass is 422 g/mol. The molecular weight excluding hydrogens is 392 g/mol. The van der Waals surface area contributed by atoms with Gasteiger partial charge in [-0.1, -0.05) is 18.2 Å². The van der Waals surface area contributed by atoms with Gasteiger partial charge in [0.2, 0.25) is 5.91 Å². The van der Waals surface area contributed by atoms with E-state index in [-0.39, 0.29) is 11.9 Å². The smallest absolute Gasteiger partial charge is 0.220 e. The fraction of sp³-hybridized carbons (Fsp3) is 0.400. The molecule has 1 N–H and O–H groups in total. The molecule has 1 atom stereocenters. The first-order valence-electron chi connectivity index (χ1n) is 10.7. The molecule has 3 aromatic rings. The standard InChI is InChI=1S/C25H30N2O4/c1-29-13-12-27-16-18(19-6-4-5-7-22(19)27)9-11-25(28)26-21-10-8-17-14-23(30-2)24(31-3)15-20(17)21/h4-7,14-16,21H,8-13H2,1-3H3,(H,26,28). The van der Waals surface area contributed by atoms with Gasteiger partial charge in [0.15, 0.2) is 11.5 Å². The van der Waals surface area contributed by atoms with Crippen molar-refractivity contribution >= 4 is 16.8 Å². The van der Waals surface area contributed by atoms with Crippen LogP contribution in [0.2, 0.25) is 0 Å². The van der Waals surface area contributed by atoms with Crippen LogP contribution in [0.4, 0.5) is 0 Å². The van der Waals surface area contributed by atoms with Crippen LogP contribution in [0.25, 0.3) is 10.9 Å². The van der Waals surface area contributed by atoms with Crippen molar-refractivity contribution in [2.75, 3.05) is 27.9 Å². The molecule has 6 heteroatoms. The topological polar surface area (TPSA) is 61.7 Å². The van der Waals surface area contributed by atoms with Gasteiger partial charge in [-0.05, 0) is 54.2 Å². The molecule has 164 valence electrons. The third-order valence-corrected chi connectivity index (χ3v) is 6.09. The Morgan fingerprint density at radius 1 is 1.13 bits per heavy atom. The maximum atomic E-state index is 12.8. The lowest BCUT2D eigenvalue weighted by Gasteiger charge is -2.16. The van der Waals surface area contributed by atoms with Crippen LogP contribution in [-0.4, -0.2) is 38.4 Å². The number of hydrogen-bond donors (Lipinski definition) is 1. The molecule has 1 aliphatic rings. The van der Waals surface area contributed by atoms with Crippen LogP contribution < -0.4 is 14.8 Å². The van der Waals surface area contributed by atoms with E-state index in [1.807, 2.05) is 24.3 Å². The summed E-state index contributed by atoms with van der Waals surface area (Å²) in [6.07, 6.45) is 5.13. The van der Waals surface area contributed by atoms with Crippen LogP contribution in [0.5, 0.6) is 11.5 Å². The first-order valence-corrected chi connectivity index (χ1v) is 10.7. The summed E-state index contributed by atoms with van der Waals surface area (Å²) >= 11 is 0. The van der Waals surface area contributed by atoms with Crippen LogP contribution >= 0.6 is 0 Å². The molecule has 1 unspecified atom stereocenters. The van der Waals surface area contributed by atoms with Gasteiger partial charge in [0.05, 0.1) is 26.9 Å². The third-order valence-electron chi connectivity index (χ3n) is 6.09. The van der Waals surface area contributed by atoms with E-state index in [4.69, 9.17) is 14.2 Å². The minimum atomic E-state index is 0.0188. The number of carbonyl (C=O) groups excluding carboxylic acids is 1. The van der Waals surface area contributed by atoms with Crippen molar-refractivity contribution in [1.29, 1.82) is 0 Å². The average molecular weight is 423 g/mol. The van der Waals surface area contributed by atoms with Gasteiger partial charge in [-0.3, -0.25) is 4.79 Å². The van der Waals surface area contributed by atoms with E-state index in [1.165, 1.54) is 22.0 Å². The largest absolute Gasteiger partial charge is 0.493 e. The summed E-state index contributed by atoms with van der Waals surface area (Å²) < 4.78 is 18.3. The average Bonchev–Trinajstić information content (AvgIpc) is 3.36. The van der Waals surface area contributed by atoms with E-state index in [0.717, 1.165) is 30.7 Å². The summed E-state index contributed by atoms with van der Waals surface area (Å²) in [5.41, 5.74) is 4.71. The summed E-state index contributed by atoms with van der Waals surface area (Å²) in [5.74, 6) is 1.51. The molecular formula is C25H30N2O4. The SMILES string of the molecule is COCCn1cc(CCC(=O)NC2CCc3cc(OC)c(OC)cc32)c2ccccc21. The molecule has 1 aromatic heterocycles. The molecule has 0 spiro atoms. The molecule has 1 amide bonds. The zero-order valence-electron chi connectivity index (χ0n) is 18.4. The predicted molar refractivity (Wildman–Crippen MR) is 121 cm³/mol. The Hall–Kier alpha value is -2.99. The third kappa shape index (κ3) is 4.39. The molecule has 0 fully saturated rings. The molecule has 1 heterocycles. The summed E-state index contributed by atoms with van der Waals surface area (Å²) in [6.45, 7) is 1.46. The fourth-order valence-electron chi connectivity index (χ4n) is 4.49. The van der Waals surface area contributed by atoms with Gasteiger partial charge in [-0.25, -0.2) is 0 Å². The van der Waals surface area contributed by atoms with E-state index in [1.54, 1.807) is 21.3 Å². The highest BCUT2D eigenvalue weighted by Gasteiger charge is 2.26. The predicted octanol–water partition coefficient (Wildman–Crippen LogP) is 4.04. The van der Waals surface area contributed by atoms with Crippen molar-refractivity contribution in [2.24, 2.45) is 0 Å². The molecule has 6 nitrogen and oxygen atoms in total. The number of hydrogen-bond acceptors (Lipinski definition) is 4. The molecule has 0 radical (unpaired) electrons. The maximum absolute atomic E-state index is 12.8. The Kier molecular flexibility index (Phi) is 6.47. The van der Waals surface area contributed by atoms with Crippen LogP contribution in [0.1, 0.15) is 35.6 Å². The number of methoxy groups -OCH3 is 3. The van der Waals surface area contributed by atoms with E-state index >= 15 is 0 Å². The summed E-state index contributed by atoms with van der Waals surface area (Å²) in [5, 5.41) is 4.42. The highest BCUT2D eigenvalue weighted by molar-refractivity contribution is 5.85. The van der Waals surface area contributed by atoms with Gasteiger partial charge in [0, 0.05) is 37.2 Å². The molecule has 0 aliphatic heterocycles. The molecule has 31 heavy (non-hydrogen) atoms. The van der Waals surface area contributed by atoms with Gasteiger partial charge >= 0.3 is 0 Å². The quantitative estimate of drug-likeness (QED) is 0.565. The summed E-state index contributed by atoms with van der Waals surface area (Å²) in [7, 11) is 4.99. The van der Waals surface area contributed by atoms with E-state index < -0.39 is 0 Å². The number of carbonyl (C=O) groups is 1. The lowest BCUT2D eigenvalue weighted by Crippen LogP contribution is -2.27. The van der Waals surface area contributed by atoms with Crippen molar-refractivity contribution in [3.63, 3.8) is 0 Å². The lowest BCUT2D eigenvalue weighted by molar-refractivity contribution is -0.121. The van der Waals surface area contributed by atoms with Gasteiger partial charge in [0.1, 0.15) is 0 Å². The van der Waals surface area contributed by atoms with Crippen LogP contribution in [0.3, 0.4) is 0 Å². The second-order valence-electron chi connectivity index (χ2n) is 7.92. The van der Waals surface area contributed by atoms with E-state index in [0.29, 0.717) is 25.2 Å². The molecule has 1 aliphatic carbocycles. The fourth-order valence-corrected chi connectivity index (χ4v) is 4.49. The van der Waals surface area contributed by atoms with Crippen LogP contribution in [0, 0.1) is 0 Å². The number of fused-ring (bicyclic) bond motifs is 2. The summed E-state index contributed by atoms with van der Waals surface area (Å²) in [4.78, 5) is 12.8. The number of amides is 1. The van der Waals surface area contributed by atoms with E-state index in [2.05, 4.69) is 28.2 Å². The van der Waals surface area contributed by atoms with Crippen molar-refractivity contribution < 1.29 is 19.0 Å². The van der Waals surface area contributed by atoms with Gasteiger partial charge in [0.25, 0.3) is 0 Å². The van der Waals surface area contributed by atoms with Crippen molar-refractivity contribution in [2.45, 2.75) is 38.3 Å². The van der Waals surface area contributed by atoms with Crippen LogP contribution in [0.15, 0.2) is 42.6 Å². The second-order valence-corrected chi connectivity index (χ2v) is 7.92. The van der Waals surface area contributed by atoms with E-state index in [9.17, 15) is 4.79 Å². The van der Waals surface area contributed by atoms with Crippen molar-refractivity contribution in [3.05, 3.63) is 59.3 Å². The maximum Gasteiger partial charge on any atom is 0.220 e. The number of rotatable bonds is 9. The Labute approximate surface area is 183 Å². The number of benzene rings is 2. The zero-order valence-corrected chi connectivity index (χ0v) is 18.4. The van der Waals surface area contributed by atoms with Gasteiger partial charge in [-0.2, -0.15) is 0 Å². The second kappa shape index (κ2) is 9.43. The van der Waals surface area contributed by atoms with Crippen LogP contribution in [-0.2, 0) is 28.9 Å². The number of para-hydroxylation sites is 1. The first-order chi connectivity index (χ1) is 15.1. The molecule has 0 saturated carbocycles. The molecule has 2 aromatic carbocycles. The highest BCUT2D eigenvalue weighted by atomic mass is 16.5. The number of ether oxygens (including phenoxy) is 3. The minimum Gasteiger partial charge on any atom is -0.493 e. The Morgan fingerprint density at radius 2 is 1.90 bits per heavy atom. The number of aryl methyl sites for hydroxylation is 2. The summed E-state index contributed by atoms with van der Waals surface area (Å²) in [6, 6.07) is 12.4. The minimum absolute atomic E-state index is 0.0188. The van der Waals surface area contributed by atoms with Gasteiger partial charge < -0.3 is 24.1 Å². The molecule has 4 rings (SSSR count). The van der Waals surface area contributed by atoms with Crippen molar-refractivity contribution in [3.8, 4) is 11.5 Å². The Bertz CT molecular complexity index is 1070. The highest BCUT2D eigenvalue weighted by Crippen LogP contribution is 2.39. The number of aromatic nitrogens is 1. The van der Waals surface area contributed by atoms with Crippen molar-refractivity contribution in [1.82, 2.24) is 9.88 Å². The molecule has 0 saturated heterocycles. The Morgan fingerprint density at radius 3 is 2.68 bits per heavy atom. The zero-order chi connectivity index (χ0) is 21.8. The number of nitrogens with one attached hydrogen (secondary N) is 1. The lowest BCUT2D eigenvalue weighted by atomic mass is 10.1. The first kappa shape index (κ1) is 21.2. The Balaban J connectivity index is 1.43. The van der Waals surface area contributed by atoms with Gasteiger partial charge in [-0.15, -0.1) is 0 Å². The number of nitrogens with zero attached hydrogens (tertiary/aromatic N) is 1. The molecule has 0 bridgehead atoms. The normalized spacial score (nSPS) is 15.1.